The second-order valence-corrected chi connectivity index (χ2v) is 4.42. The minimum absolute atomic E-state index is 0.320. The Morgan fingerprint density at radius 2 is 2.19 bits per heavy atom. The molecule has 1 unspecified atom stereocenters. The van der Waals surface area contributed by atoms with E-state index < -0.39 is 0 Å². The number of hydrogen-bond donors (Lipinski definition) is 2. The van der Waals surface area contributed by atoms with E-state index in [9.17, 15) is 5.11 Å². The fourth-order valence-corrected chi connectivity index (χ4v) is 1.83. The summed E-state index contributed by atoms with van der Waals surface area (Å²) in [6, 6.07) is 8.44. The van der Waals surface area contributed by atoms with E-state index in [4.69, 9.17) is 5.73 Å². The van der Waals surface area contributed by atoms with Crippen molar-refractivity contribution in [3.63, 3.8) is 0 Å². The predicted octanol–water partition coefficient (Wildman–Crippen LogP) is 1.14. The molecule has 1 atom stereocenters. The summed E-state index contributed by atoms with van der Waals surface area (Å²) in [7, 11) is 2.02. The van der Waals surface area contributed by atoms with Gasteiger partial charge >= 0.3 is 0 Å². The highest BCUT2D eigenvalue weighted by molar-refractivity contribution is 5.21. The molecule has 1 aromatic rings. The van der Waals surface area contributed by atoms with Gasteiger partial charge in [-0.05, 0) is 32.5 Å². The first-order chi connectivity index (χ1) is 7.61. The maximum Gasteiger partial charge on any atom is 0.0679 e. The van der Waals surface area contributed by atoms with Crippen molar-refractivity contribution in [1.29, 1.82) is 0 Å². The molecule has 0 aliphatic rings. The van der Waals surface area contributed by atoms with Crippen molar-refractivity contribution in [3.05, 3.63) is 35.4 Å². The minimum atomic E-state index is -0.320. The number of nitrogens with two attached hydrogens (primary N) is 1. The Balaban J connectivity index is 2.42. The van der Waals surface area contributed by atoms with Crippen LogP contribution in [0.4, 0.5) is 0 Å². The van der Waals surface area contributed by atoms with Crippen LogP contribution in [0.5, 0.6) is 0 Å². The summed E-state index contributed by atoms with van der Waals surface area (Å²) in [6.07, 6.45) is 0.345. The molecule has 3 nitrogen and oxygen atoms in total. The van der Waals surface area contributed by atoms with Crippen LogP contribution >= 0.6 is 0 Å². The zero-order valence-electron chi connectivity index (χ0n) is 10.2. The largest absolute Gasteiger partial charge is 0.392 e. The molecule has 0 saturated heterocycles. The lowest BCUT2D eigenvalue weighted by atomic mass is 10.1. The zero-order chi connectivity index (χ0) is 12.0. The normalized spacial score (nSPS) is 13.1. The number of rotatable bonds is 6. The zero-order valence-corrected chi connectivity index (χ0v) is 10.2. The molecule has 0 spiro atoms. The van der Waals surface area contributed by atoms with Gasteiger partial charge in [-0.25, -0.2) is 0 Å². The lowest BCUT2D eigenvalue weighted by molar-refractivity contribution is 0.117. The number of aliphatic hydroxyl groups excluding tert-OH is 1. The molecule has 3 heteroatoms. The van der Waals surface area contributed by atoms with Gasteiger partial charge in [0.15, 0.2) is 0 Å². The molecule has 16 heavy (non-hydrogen) atoms. The minimum Gasteiger partial charge on any atom is -0.392 e. The summed E-state index contributed by atoms with van der Waals surface area (Å²) in [6.45, 7) is 4.17. The molecule has 0 heterocycles. The van der Waals surface area contributed by atoms with Gasteiger partial charge in [-0.1, -0.05) is 29.8 Å². The quantitative estimate of drug-likeness (QED) is 0.759. The van der Waals surface area contributed by atoms with Crippen LogP contribution in [-0.2, 0) is 6.54 Å². The van der Waals surface area contributed by atoms with Crippen molar-refractivity contribution in [2.75, 3.05) is 20.1 Å². The maximum atomic E-state index is 9.63. The molecule has 0 radical (unpaired) electrons. The standard InChI is InChI=1S/C13H22N2O/c1-11-4-3-5-12(8-11)9-15(2)10-13(16)6-7-14/h3-5,8,13,16H,6-7,9-10,14H2,1-2H3. The Kier molecular flexibility index (Phi) is 5.46. The van der Waals surface area contributed by atoms with Gasteiger partial charge in [-0.2, -0.15) is 0 Å². The third-order valence-electron chi connectivity index (χ3n) is 2.56. The van der Waals surface area contributed by atoms with Crippen LogP contribution in [0.3, 0.4) is 0 Å². The SMILES string of the molecule is Cc1cccc(CN(C)CC(O)CCN)c1. The lowest BCUT2D eigenvalue weighted by Gasteiger charge is -2.20. The molecular weight excluding hydrogens is 200 g/mol. The lowest BCUT2D eigenvalue weighted by Crippen LogP contribution is -2.30. The van der Waals surface area contributed by atoms with Crippen LogP contribution < -0.4 is 5.73 Å². The Morgan fingerprint density at radius 3 is 2.81 bits per heavy atom. The summed E-state index contributed by atoms with van der Waals surface area (Å²) < 4.78 is 0. The van der Waals surface area contributed by atoms with E-state index in [0.717, 1.165) is 6.54 Å². The van der Waals surface area contributed by atoms with E-state index in [1.807, 2.05) is 7.05 Å². The molecule has 0 aliphatic heterocycles. The third-order valence-corrected chi connectivity index (χ3v) is 2.56. The fourth-order valence-electron chi connectivity index (χ4n) is 1.83. The first-order valence-electron chi connectivity index (χ1n) is 5.74. The second-order valence-electron chi connectivity index (χ2n) is 4.42. The van der Waals surface area contributed by atoms with Crippen LogP contribution in [0, 0.1) is 6.92 Å². The molecule has 90 valence electrons. The average molecular weight is 222 g/mol. The first kappa shape index (κ1) is 13.2. The number of nitrogens with zero attached hydrogens (tertiary/aromatic N) is 1. The third kappa shape index (κ3) is 4.75. The van der Waals surface area contributed by atoms with Crippen molar-refractivity contribution in [2.24, 2.45) is 5.73 Å². The van der Waals surface area contributed by atoms with Gasteiger partial charge in [0.25, 0.3) is 0 Å². The van der Waals surface area contributed by atoms with Crippen molar-refractivity contribution in [3.8, 4) is 0 Å². The van der Waals surface area contributed by atoms with Gasteiger partial charge in [0.2, 0.25) is 0 Å². The molecular formula is C13H22N2O. The van der Waals surface area contributed by atoms with Crippen LogP contribution in [-0.4, -0.2) is 36.2 Å². The number of aryl methyl sites for hydroxylation is 1. The Morgan fingerprint density at radius 1 is 1.44 bits per heavy atom. The Labute approximate surface area is 97.9 Å². The van der Waals surface area contributed by atoms with Crippen molar-refractivity contribution >= 4 is 0 Å². The van der Waals surface area contributed by atoms with Gasteiger partial charge < -0.3 is 10.8 Å². The van der Waals surface area contributed by atoms with Crippen molar-refractivity contribution < 1.29 is 5.11 Å². The topological polar surface area (TPSA) is 49.5 Å². The van der Waals surface area contributed by atoms with E-state index in [1.54, 1.807) is 0 Å². The molecule has 0 amide bonds. The smallest absolute Gasteiger partial charge is 0.0679 e. The van der Waals surface area contributed by atoms with Crippen LogP contribution in [0.15, 0.2) is 24.3 Å². The summed E-state index contributed by atoms with van der Waals surface area (Å²) in [5, 5.41) is 9.63. The highest BCUT2D eigenvalue weighted by atomic mass is 16.3. The summed E-state index contributed by atoms with van der Waals surface area (Å²) in [5.74, 6) is 0. The molecule has 1 rings (SSSR count). The average Bonchev–Trinajstić information content (AvgIpc) is 2.17. The molecule has 0 aromatic heterocycles. The van der Waals surface area contributed by atoms with Gasteiger partial charge in [0.1, 0.15) is 0 Å². The van der Waals surface area contributed by atoms with Crippen molar-refractivity contribution in [2.45, 2.75) is 26.0 Å². The van der Waals surface area contributed by atoms with E-state index in [-0.39, 0.29) is 6.10 Å². The Bertz CT molecular complexity index is 315. The van der Waals surface area contributed by atoms with Gasteiger partial charge in [0, 0.05) is 13.1 Å². The molecule has 0 fully saturated rings. The number of benzene rings is 1. The van der Waals surface area contributed by atoms with E-state index in [0.29, 0.717) is 19.5 Å². The van der Waals surface area contributed by atoms with Crippen LogP contribution in [0.25, 0.3) is 0 Å². The summed E-state index contributed by atoms with van der Waals surface area (Å²) >= 11 is 0. The predicted molar refractivity (Wildman–Crippen MR) is 67.2 cm³/mol. The Hall–Kier alpha value is -0.900. The fraction of sp³-hybridized carbons (Fsp3) is 0.538. The van der Waals surface area contributed by atoms with Gasteiger partial charge in [-0.3, -0.25) is 4.90 Å². The molecule has 0 aliphatic carbocycles. The number of likely N-dealkylation sites (N-methyl/N-ethyl adjacent to an activating group) is 1. The summed E-state index contributed by atoms with van der Waals surface area (Å²) in [4.78, 5) is 2.12. The van der Waals surface area contributed by atoms with E-state index >= 15 is 0 Å². The number of hydrogen-bond acceptors (Lipinski definition) is 3. The molecule has 1 aromatic carbocycles. The highest BCUT2D eigenvalue weighted by Gasteiger charge is 2.07. The molecule has 0 bridgehead atoms. The monoisotopic (exact) mass is 222 g/mol. The highest BCUT2D eigenvalue weighted by Crippen LogP contribution is 2.07. The van der Waals surface area contributed by atoms with E-state index in [1.165, 1.54) is 11.1 Å². The molecule has 0 saturated carbocycles. The molecule has 3 N–H and O–H groups in total. The van der Waals surface area contributed by atoms with E-state index in [2.05, 4.69) is 36.1 Å². The summed E-state index contributed by atoms with van der Waals surface area (Å²) in [5.41, 5.74) is 7.95. The van der Waals surface area contributed by atoms with Crippen LogP contribution in [0.1, 0.15) is 17.5 Å². The first-order valence-corrected chi connectivity index (χ1v) is 5.74. The van der Waals surface area contributed by atoms with Crippen molar-refractivity contribution in [1.82, 2.24) is 4.90 Å². The van der Waals surface area contributed by atoms with Crippen LogP contribution in [0.2, 0.25) is 0 Å². The van der Waals surface area contributed by atoms with Gasteiger partial charge in [0.05, 0.1) is 6.10 Å². The maximum absolute atomic E-state index is 9.63. The second kappa shape index (κ2) is 6.63. The van der Waals surface area contributed by atoms with Gasteiger partial charge in [-0.15, -0.1) is 0 Å². The number of aliphatic hydroxyl groups is 1.